The zero-order valence-electron chi connectivity index (χ0n) is 14.7. The van der Waals surface area contributed by atoms with E-state index in [1.54, 1.807) is 0 Å². The number of esters is 1. The van der Waals surface area contributed by atoms with E-state index >= 15 is 0 Å². The number of nitrogens with zero attached hydrogens (tertiary/aromatic N) is 3. The molecule has 1 aromatic carbocycles. The van der Waals surface area contributed by atoms with Crippen LogP contribution >= 0.6 is 0 Å². The summed E-state index contributed by atoms with van der Waals surface area (Å²) < 4.78 is 16.7. The molecule has 1 heterocycles. The molecule has 1 N–H and O–H groups in total. The molecule has 0 radical (unpaired) electrons. The van der Waals surface area contributed by atoms with Crippen molar-refractivity contribution in [3.8, 4) is 0 Å². The number of carbonyl (C=O) groups excluding carboxylic acids is 2. The molecule has 1 aromatic rings. The Morgan fingerprint density at radius 1 is 1.35 bits per heavy atom. The fourth-order valence-corrected chi connectivity index (χ4v) is 2.71. The number of hydrogen-bond acceptors (Lipinski definition) is 6. The summed E-state index contributed by atoms with van der Waals surface area (Å²) in [6.07, 6.45) is -1.10. The average Bonchev–Trinajstić information content (AvgIpc) is 2.60. The molecule has 1 aliphatic rings. The first kappa shape index (κ1) is 19.7. The lowest BCUT2D eigenvalue weighted by molar-refractivity contribution is -0.226. The molecule has 9 heteroatoms. The second-order valence-corrected chi connectivity index (χ2v) is 5.96. The van der Waals surface area contributed by atoms with E-state index in [2.05, 4.69) is 15.3 Å². The summed E-state index contributed by atoms with van der Waals surface area (Å²) in [5.74, 6) is -0.705. The summed E-state index contributed by atoms with van der Waals surface area (Å²) in [7, 11) is 0. The van der Waals surface area contributed by atoms with Crippen molar-refractivity contribution >= 4 is 11.9 Å². The Morgan fingerprint density at radius 2 is 2.08 bits per heavy atom. The summed E-state index contributed by atoms with van der Waals surface area (Å²) in [5.41, 5.74) is 9.73. The lowest BCUT2D eigenvalue weighted by Crippen LogP contribution is -2.55. The first-order valence-corrected chi connectivity index (χ1v) is 8.25. The van der Waals surface area contributed by atoms with E-state index in [1.807, 2.05) is 30.3 Å². The molecular formula is C17H22N4O5. The van der Waals surface area contributed by atoms with E-state index in [0.717, 1.165) is 5.56 Å². The highest BCUT2D eigenvalue weighted by atomic mass is 16.7. The van der Waals surface area contributed by atoms with Gasteiger partial charge in [-0.1, -0.05) is 35.4 Å². The molecule has 1 amide bonds. The second kappa shape index (κ2) is 9.76. The van der Waals surface area contributed by atoms with Crippen LogP contribution in [0.2, 0.25) is 0 Å². The summed E-state index contributed by atoms with van der Waals surface area (Å²) in [6.45, 7) is 2.90. The summed E-state index contributed by atoms with van der Waals surface area (Å²) in [4.78, 5) is 25.4. The van der Waals surface area contributed by atoms with Gasteiger partial charge in [-0.25, -0.2) is 0 Å². The van der Waals surface area contributed by atoms with Crippen LogP contribution in [0.3, 0.4) is 0 Å². The van der Waals surface area contributed by atoms with Crippen LogP contribution in [0.25, 0.3) is 10.4 Å². The minimum atomic E-state index is -0.759. The Labute approximate surface area is 151 Å². The monoisotopic (exact) mass is 362 g/mol. The summed E-state index contributed by atoms with van der Waals surface area (Å²) in [5, 5.41) is 6.47. The number of nitrogens with one attached hydrogen (secondary N) is 1. The molecule has 4 atom stereocenters. The van der Waals surface area contributed by atoms with Gasteiger partial charge in [0.05, 0.1) is 18.7 Å². The van der Waals surface area contributed by atoms with Crippen LogP contribution in [0.5, 0.6) is 0 Å². The molecule has 0 spiro atoms. The van der Waals surface area contributed by atoms with Crippen LogP contribution < -0.4 is 5.32 Å². The number of hydrogen-bond donors (Lipinski definition) is 1. The number of amides is 1. The molecule has 0 aromatic heterocycles. The molecule has 140 valence electrons. The fraction of sp³-hybridized carbons (Fsp3) is 0.529. The van der Waals surface area contributed by atoms with E-state index in [9.17, 15) is 9.59 Å². The lowest BCUT2D eigenvalue weighted by atomic mass is 9.98. The van der Waals surface area contributed by atoms with Crippen molar-refractivity contribution in [2.24, 2.45) is 5.11 Å². The number of carbonyl (C=O) groups is 2. The van der Waals surface area contributed by atoms with Crippen molar-refractivity contribution in [1.82, 2.24) is 5.32 Å². The SMILES string of the molecule is CC(=O)NC1CC(N=[N+]=[N-])C(COC(C)=O)OC1OCc1ccccc1. The van der Waals surface area contributed by atoms with Crippen LogP contribution in [0.15, 0.2) is 35.4 Å². The van der Waals surface area contributed by atoms with Crippen molar-refractivity contribution in [3.05, 3.63) is 46.3 Å². The van der Waals surface area contributed by atoms with Gasteiger partial charge in [-0.15, -0.1) is 0 Å². The van der Waals surface area contributed by atoms with Gasteiger partial charge in [-0.05, 0) is 17.5 Å². The Bertz CT molecular complexity index is 662. The van der Waals surface area contributed by atoms with Gasteiger partial charge in [0, 0.05) is 18.8 Å². The van der Waals surface area contributed by atoms with E-state index in [-0.39, 0.29) is 19.1 Å². The Balaban J connectivity index is 2.10. The number of rotatable bonds is 7. The normalized spacial score (nSPS) is 25.0. The van der Waals surface area contributed by atoms with Crippen molar-refractivity contribution < 1.29 is 23.8 Å². The van der Waals surface area contributed by atoms with E-state index in [4.69, 9.17) is 19.7 Å². The summed E-state index contributed by atoms with van der Waals surface area (Å²) in [6, 6.07) is 8.44. The molecule has 0 aliphatic carbocycles. The average molecular weight is 362 g/mol. The van der Waals surface area contributed by atoms with Crippen LogP contribution in [0, 0.1) is 0 Å². The molecule has 0 bridgehead atoms. The van der Waals surface area contributed by atoms with Crippen LogP contribution in [0.1, 0.15) is 25.8 Å². The molecule has 26 heavy (non-hydrogen) atoms. The van der Waals surface area contributed by atoms with E-state index in [0.29, 0.717) is 6.42 Å². The summed E-state index contributed by atoms with van der Waals surface area (Å²) >= 11 is 0. The molecule has 4 unspecified atom stereocenters. The molecular weight excluding hydrogens is 340 g/mol. The van der Waals surface area contributed by atoms with Gasteiger partial charge in [-0.2, -0.15) is 0 Å². The standard InChI is InChI=1S/C17H22N4O5/c1-11(22)19-15-8-14(20-21-18)16(10-24-12(2)23)26-17(15)25-9-13-6-4-3-5-7-13/h3-7,14-17H,8-10H2,1-2H3,(H,19,22). The zero-order chi connectivity index (χ0) is 18.9. The highest BCUT2D eigenvalue weighted by Gasteiger charge is 2.39. The maximum atomic E-state index is 11.5. The van der Waals surface area contributed by atoms with E-state index in [1.165, 1.54) is 13.8 Å². The van der Waals surface area contributed by atoms with Gasteiger partial charge in [-0.3, -0.25) is 9.59 Å². The Hall–Kier alpha value is -2.61. The fourth-order valence-electron chi connectivity index (χ4n) is 2.71. The molecule has 1 aliphatic heterocycles. The van der Waals surface area contributed by atoms with Gasteiger partial charge in [0.1, 0.15) is 12.7 Å². The first-order chi connectivity index (χ1) is 12.5. The zero-order valence-corrected chi connectivity index (χ0v) is 14.7. The molecule has 2 rings (SSSR count). The largest absolute Gasteiger partial charge is 0.463 e. The van der Waals surface area contributed by atoms with Gasteiger partial charge in [0.15, 0.2) is 6.29 Å². The van der Waals surface area contributed by atoms with Gasteiger partial charge in [0.25, 0.3) is 0 Å². The van der Waals surface area contributed by atoms with Crippen molar-refractivity contribution in [3.63, 3.8) is 0 Å². The maximum absolute atomic E-state index is 11.5. The molecule has 1 fully saturated rings. The smallest absolute Gasteiger partial charge is 0.302 e. The molecule has 9 nitrogen and oxygen atoms in total. The molecule has 0 saturated carbocycles. The lowest BCUT2D eigenvalue weighted by Gasteiger charge is -2.39. The van der Waals surface area contributed by atoms with Gasteiger partial charge in [0.2, 0.25) is 5.91 Å². The van der Waals surface area contributed by atoms with Crippen molar-refractivity contribution in [2.75, 3.05) is 6.61 Å². The third-order valence-electron chi connectivity index (χ3n) is 3.86. The number of benzene rings is 1. The van der Waals surface area contributed by atoms with Crippen LogP contribution in [-0.4, -0.2) is 43.0 Å². The number of ether oxygens (including phenoxy) is 3. The van der Waals surface area contributed by atoms with E-state index < -0.39 is 30.4 Å². The second-order valence-electron chi connectivity index (χ2n) is 5.96. The third kappa shape index (κ3) is 6.03. The predicted octanol–water partition coefficient (Wildman–Crippen LogP) is 2.06. The van der Waals surface area contributed by atoms with Gasteiger partial charge < -0.3 is 19.5 Å². The first-order valence-electron chi connectivity index (χ1n) is 8.25. The molecule has 1 saturated heterocycles. The highest BCUT2D eigenvalue weighted by Crippen LogP contribution is 2.25. The quantitative estimate of drug-likeness (QED) is 0.344. The topological polar surface area (TPSA) is 123 Å². The van der Waals surface area contributed by atoms with Gasteiger partial charge >= 0.3 is 5.97 Å². The highest BCUT2D eigenvalue weighted by molar-refractivity contribution is 5.73. The van der Waals surface area contributed by atoms with Crippen molar-refractivity contribution in [1.29, 1.82) is 0 Å². The number of azide groups is 1. The minimum absolute atomic E-state index is 0.0585. The minimum Gasteiger partial charge on any atom is -0.463 e. The Kier molecular flexibility index (Phi) is 7.40. The van der Waals surface area contributed by atoms with Crippen LogP contribution in [-0.2, 0) is 30.4 Å². The predicted molar refractivity (Wildman–Crippen MR) is 91.7 cm³/mol. The third-order valence-corrected chi connectivity index (χ3v) is 3.86. The Morgan fingerprint density at radius 3 is 2.69 bits per heavy atom. The maximum Gasteiger partial charge on any atom is 0.302 e. The van der Waals surface area contributed by atoms with Crippen molar-refractivity contribution in [2.45, 2.75) is 51.4 Å². The van der Waals surface area contributed by atoms with Crippen LogP contribution in [0.4, 0.5) is 0 Å².